The first-order valence-corrected chi connectivity index (χ1v) is 7.22. The molecule has 0 radical (unpaired) electrons. The Balaban J connectivity index is 2.08. The summed E-state index contributed by atoms with van der Waals surface area (Å²) in [5.74, 6) is 0. The van der Waals surface area contributed by atoms with Crippen LogP contribution in [-0.2, 0) is 13.1 Å². The Hall–Kier alpha value is -1.64. The lowest BCUT2D eigenvalue weighted by molar-refractivity contribution is 0.153. The van der Waals surface area contributed by atoms with Crippen molar-refractivity contribution in [3.63, 3.8) is 0 Å². The van der Waals surface area contributed by atoms with E-state index in [0.29, 0.717) is 6.04 Å². The third kappa shape index (κ3) is 4.48. The minimum Gasteiger partial charge on any atom is -0.396 e. The summed E-state index contributed by atoms with van der Waals surface area (Å²) in [4.78, 5) is 2.42. The molecule has 2 aromatic rings. The molecule has 0 aliphatic heterocycles. The zero-order valence-corrected chi connectivity index (χ0v) is 12.1. The highest BCUT2D eigenvalue weighted by Crippen LogP contribution is 2.15. The van der Waals surface area contributed by atoms with Crippen LogP contribution in [-0.4, -0.2) is 22.7 Å². The number of nitrogens with zero attached hydrogens (tertiary/aromatic N) is 1. The van der Waals surface area contributed by atoms with Crippen LogP contribution in [0.5, 0.6) is 0 Å². The summed E-state index contributed by atoms with van der Waals surface area (Å²) in [6.07, 6.45) is 0.805. The second-order valence-corrected chi connectivity index (χ2v) is 5.24. The van der Waals surface area contributed by atoms with Crippen LogP contribution < -0.4 is 0 Å². The van der Waals surface area contributed by atoms with Gasteiger partial charge in [0.1, 0.15) is 0 Å². The average molecular weight is 269 g/mol. The van der Waals surface area contributed by atoms with Crippen molar-refractivity contribution in [2.24, 2.45) is 0 Å². The highest BCUT2D eigenvalue weighted by atomic mass is 16.3. The lowest BCUT2D eigenvalue weighted by Gasteiger charge is -2.29. The van der Waals surface area contributed by atoms with Crippen molar-refractivity contribution in [2.45, 2.75) is 32.5 Å². The minimum absolute atomic E-state index is 0.237. The molecule has 0 saturated carbocycles. The first-order chi connectivity index (χ1) is 9.79. The molecule has 0 amide bonds. The molecule has 0 unspecified atom stereocenters. The van der Waals surface area contributed by atoms with Crippen LogP contribution in [0, 0.1) is 0 Å². The van der Waals surface area contributed by atoms with E-state index in [1.807, 2.05) is 12.1 Å². The third-order valence-corrected chi connectivity index (χ3v) is 3.63. The van der Waals surface area contributed by atoms with Crippen LogP contribution in [0.15, 0.2) is 60.7 Å². The first-order valence-electron chi connectivity index (χ1n) is 7.22. The van der Waals surface area contributed by atoms with Gasteiger partial charge < -0.3 is 5.11 Å². The van der Waals surface area contributed by atoms with Gasteiger partial charge in [0, 0.05) is 25.7 Å². The maximum absolute atomic E-state index is 9.19. The zero-order chi connectivity index (χ0) is 14.2. The zero-order valence-electron chi connectivity index (χ0n) is 12.1. The molecular weight excluding hydrogens is 246 g/mol. The average Bonchev–Trinajstić information content (AvgIpc) is 2.49. The van der Waals surface area contributed by atoms with Crippen molar-refractivity contribution in [1.29, 1.82) is 0 Å². The first kappa shape index (κ1) is 14.8. The van der Waals surface area contributed by atoms with Gasteiger partial charge in [0.2, 0.25) is 0 Å². The van der Waals surface area contributed by atoms with E-state index in [0.717, 1.165) is 19.5 Å². The van der Waals surface area contributed by atoms with E-state index in [1.54, 1.807) is 0 Å². The smallest absolute Gasteiger partial charge is 0.0445 e. The van der Waals surface area contributed by atoms with Gasteiger partial charge in [0.25, 0.3) is 0 Å². The van der Waals surface area contributed by atoms with Crippen molar-refractivity contribution >= 4 is 0 Å². The molecule has 1 N–H and O–H groups in total. The molecule has 0 aromatic heterocycles. The van der Waals surface area contributed by atoms with E-state index in [-0.39, 0.29) is 6.61 Å². The van der Waals surface area contributed by atoms with Gasteiger partial charge in [-0.15, -0.1) is 0 Å². The Morgan fingerprint density at radius 1 is 0.850 bits per heavy atom. The molecule has 1 atom stereocenters. The van der Waals surface area contributed by atoms with E-state index in [4.69, 9.17) is 0 Å². The Labute approximate surface area is 121 Å². The molecule has 106 valence electrons. The molecule has 0 saturated heterocycles. The van der Waals surface area contributed by atoms with Crippen molar-refractivity contribution in [3.8, 4) is 0 Å². The van der Waals surface area contributed by atoms with Gasteiger partial charge in [-0.2, -0.15) is 0 Å². The summed E-state index contributed by atoms with van der Waals surface area (Å²) in [6.45, 7) is 4.25. The lowest BCUT2D eigenvalue weighted by atomic mass is 10.1. The molecule has 0 bridgehead atoms. The molecule has 2 nitrogen and oxygen atoms in total. The second kappa shape index (κ2) is 7.83. The highest BCUT2D eigenvalue weighted by Gasteiger charge is 2.14. The molecule has 0 aliphatic rings. The van der Waals surface area contributed by atoms with Gasteiger partial charge in [-0.05, 0) is 24.5 Å². The van der Waals surface area contributed by atoms with Crippen LogP contribution in [0.25, 0.3) is 0 Å². The molecule has 20 heavy (non-hydrogen) atoms. The number of hydrogen-bond acceptors (Lipinski definition) is 2. The van der Waals surface area contributed by atoms with Crippen LogP contribution in [0.2, 0.25) is 0 Å². The largest absolute Gasteiger partial charge is 0.396 e. The number of hydrogen-bond donors (Lipinski definition) is 1. The molecule has 0 aliphatic carbocycles. The molecule has 2 heteroatoms. The van der Waals surface area contributed by atoms with Gasteiger partial charge in [-0.25, -0.2) is 0 Å². The molecular formula is C18H23NO. The van der Waals surface area contributed by atoms with Crippen molar-refractivity contribution in [3.05, 3.63) is 71.8 Å². The summed E-state index contributed by atoms with van der Waals surface area (Å²) < 4.78 is 0. The predicted octanol–water partition coefficient (Wildman–Crippen LogP) is 3.46. The van der Waals surface area contributed by atoms with Crippen LogP contribution in [0.3, 0.4) is 0 Å². The van der Waals surface area contributed by atoms with Crippen molar-refractivity contribution < 1.29 is 5.11 Å². The fourth-order valence-electron chi connectivity index (χ4n) is 2.37. The van der Waals surface area contributed by atoms with E-state index in [9.17, 15) is 5.11 Å². The Kier molecular flexibility index (Phi) is 5.78. The monoisotopic (exact) mass is 269 g/mol. The quantitative estimate of drug-likeness (QED) is 0.832. The number of rotatable bonds is 7. The Bertz CT molecular complexity index is 442. The van der Waals surface area contributed by atoms with Gasteiger partial charge >= 0.3 is 0 Å². The minimum atomic E-state index is 0.237. The fourth-order valence-corrected chi connectivity index (χ4v) is 2.37. The maximum Gasteiger partial charge on any atom is 0.0445 e. The molecule has 2 rings (SSSR count). The topological polar surface area (TPSA) is 23.5 Å². The Morgan fingerprint density at radius 3 is 1.70 bits per heavy atom. The van der Waals surface area contributed by atoms with Crippen molar-refractivity contribution in [2.75, 3.05) is 6.61 Å². The van der Waals surface area contributed by atoms with E-state index >= 15 is 0 Å². The number of aliphatic hydroxyl groups excluding tert-OH is 1. The molecule has 0 spiro atoms. The SMILES string of the molecule is C[C@H](CCO)N(Cc1ccccc1)Cc1ccccc1. The molecule has 0 heterocycles. The molecule has 2 aromatic carbocycles. The fraction of sp³-hybridized carbons (Fsp3) is 0.333. The highest BCUT2D eigenvalue weighted by molar-refractivity contribution is 5.17. The van der Waals surface area contributed by atoms with Gasteiger partial charge in [0.05, 0.1) is 0 Å². The van der Waals surface area contributed by atoms with E-state index < -0.39 is 0 Å². The number of aliphatic hydroxyl groups is 1. The summed E-state index contributed by atoms with van der Waals surface area (Å²) in [6, 6.07) is 21.4. The van der Waals surface area contributed by atoms with Crippen LogP contribution in [0.4, 0.5) is 0 Å². The lowest BCUT2D eigenvalue weighted by Crippen LogP contribution is -2.32. The predicted molar refractivity (Wildman–Crippen MR) is 83.3 cm³/mol. The number of benzene rings is 2. The van der Waals surface area contributed by atoms with Gasteiger partial charge in [0.15, 0.2) is 0 Å². The second-order valence-electron chi connectivity index (χ2n) is 5.24. The summed E-state index contributed by atoms with van der Waals surface area (Å²) in [7, 11) is 0. The maximum atomic E-state index is 9.19. The summed E-state index contributed by atoms with van der Waals surface area (Å²) in [5, 5.41) is 9.19. The van der Waals surface area contributed by atoms with Crippen LogP contribution in [0.1, 0.15) is 24.5 Å². The van der Waals surface area contributed by atoms with Crippen LogP contribution >= 0.6 is 0 Å². The van der Waals surface area contributed by atoms with Gasteiger partial charge in [-0.1, -0.05) is 60.7 Å². The third-order valence-electron chi connectivity index (χ3n) is 3.63. The van der Waals surface area contributed by atoms with E-state index in [2.05, 4.69) is 60.4 Å². The summed E-state index contributed by atoms with van der Waals surface area (Å²) in [5.41, 5.74) is 2.63. The normalized spacial score (nSPS) is 12.6. The van der Waals surface area contributed by atoms with E-state index in [1.165, 1.54) is 11.1 Å². The van der Waals surface area contributed by atoms with Gasteiger partial charge in [-0.3, -0.25) is 4.90 Å². The Morgan fingerprint density at radius 2 is 1.30 bits per heavy atom. The standard InChI is InChI=1S/C18H23NO/c1-16(12-13-20)19(14-17-8-4-2-5-9-17)15-18-10-6-3-7-11-18/h2-11,16,20H,12-15H2,1H3/t16-/m1/s1. The van der Waals surface area contributed by atoms with Crippen molar-refractivity contribution in [1.82, 2.24) is 4.90 Å². The summed E-state index contributed by atoms with van der Waals surface area (Å²) >= 11 is 0. The molecule has 0 fully saturated rings.